The molecule has 4 nitrogen and oxygen atoms in total. The highest BCUT2D eigenvalue weighted by Gasteiger charge is 2.30. The van der Waals surface area contributed by atoms with Crippen molar-refractivity contribution in [2.75, 3.05) is 45.6 Å². The van der Waals surface area contributed by atoms with E-state index in [1.54, 1.807) is 11.8 Å². The molecule has 0 radical (unpaired) electrons. The molecule has 2 fully saturated rings. The Morgan fingerprint density at radius 2 is 2.00 bits per heavy atom. The first-order valence-corrected chi connectivity index (χ1v) is 9.76. The smallest absolute Gasteiger partial charge is 0.255 e. The summed E-state index contributed by atoms with van der Waals surface area (Å²) in [6.07, 6.45) is 5.49. The maximum atomic E-state index is 13.1. The summed E-state index contributed by atoms with van der Waals surface area (Å²) in [6, 6.07) is 8.31. The Labute approximate surface area is 143 Å². The van der Waals surface area contributed by atoms with E-state index in [0.717, 1.165) is 62.7 Å². The molecule has 126 valence electrons. The van der Waals surface area contributed by atoms with Crippen molar-refractivity contribution in [1.29, 1.82) is 0 Å². The summed E-state index contributed by atoms with van der Waals surface area (Å²) >= 11 is 1.65. The fraction of sp³-hybridized carbons (Fsp3) is 0.611. The molecule has 0 saturated carbocycles. The van der Waals surface area contributed by atoms with Gasteiger partial charge < -0.3 is 9.64 Å². The molecule has 1 aromatic rings. The Kier molecular flexibility index (Phi) is 5.97. The molecule has 2 aliphatic heterocycles. The van der Waals surface area contributed by atoms with Crippen molar-refractivity contribution >= 4 is 17.7 Å². The number of hydrogen-bond acceptors (Lipinski definition) is 4. The molecule has 1 atom stereocenters. The molecule has 0 aromatic heterocycles. The lowest BCUT2D eigenvalue weighted by atomic mass is 10.00. The number of morpholine rings is 1. The number of amides is 1. The molecule has 3 rings (SSSR count). The molecule has 0 bridgehead atoms. The lowest BCUT2D eigenvalue weighted by Crippen LogP contribution is -2.51. The van der Waals surface area contributed by atoms with Crippen LogP contribution in [-0.2, 0) is 4.74 Å². The molecule has 1 amide bonds. The van der Waals surface area contributed by atoms with E-state index in [-0.39, 0.29) is 5.91 Å². The van der Waals surface area contributed by atoms with E-state index >= 15 is 0 Å². The largest absolute Gasteiger partial charge is 0.379 e. The van der Waals surface area contributed by atoms with Gasteiger partial charge in [-0.05, 0) is 37.7 Å². The van der Waals surface area contributed by atoms with Gasteiger partial charge in [-0.1, -0.05) is 12.1 Å². The van der Waals surface area contributed by atoms with Gasteiger partial charge in [0.15, 0.2) is 0 Å². The maximum Gasteiger partial charge on any atom is 0.255 e. The molecule has 0 aliphatic carbocycles. The van der Waals surface area contributed by atoms with Gasteiger partial charge in [0, 0.05) is 37.1 Å². The summed E-state index contributed by atoms with van der Waals surface area (Å²) in [4.78, 5) is 18.7. The fourth-order valence-electron chi connectivity index (χ4n) is 3.52. The zero-order valence-electron chi connectivity index (χ0n) is 13.9. The number of thioether (sulfide) groups is 1. The number of nitrogens with zero attached hydrogens (tertiary/aromatic N) is 2. The first-order chi connectivity index (χ1) is 11.3. The number of rotatable bonds is 4. The molecule has 2 heterocycles. The number of ether oxygens (including phenoxy) is 1. The average molecular weight is 334 g/mol. The predicted octanol–water partition coefficient (Wildman–Crippen LogP) is 2.74. The van der Waals surface area contributed by atoms with Crippen molar-refractivity contribution < 1.29 is 9.53 Å². The first-order valence-electron chi connectivity index (χ1n) is 8.53. The van der Waals surface area contributed by atoms with E-state index in [0.29, 0.717) is 6.04 Å². The second kappa shape index (κ2) is 8.18. The predicted molar refractivity (Wildman–Crippen MR) is 94.2 cm³/mol. The summed E-state index contributed by atoms with van der Waals surface area (Å²) in [6.45, 7) is 5.47. The minimum Gasteiger partial charge on any atom is -0.379 e. The van der Waals surface area contributed by atoms with Gasteiger partial charge >= 0.3 is 0 Å². The SMILES string of the molecule is CSc1ccccc1C(=O)N1CCCC[C@H]1CN1CCOCC1. The van der Waals surface area contributed by atoms with E-state index in [4.69, 9.17) is 4.74 Å². The first kappa shape index (κ1) is 16.8. The Hall–Kier alpha value is -1.04. The van der Waals surface area contributed by atoms with Gasteiger partial charge in [0.05, 0.1) is 18.8 Å². The van der Waals surface area contributed by atoms with Crippen LogP contribution in [0.5, 0.6) is 0 Å². The van der Waals surface area contributed by atoms with Crippen LogP contribution < -0.4 is 0 Å². The van der Waals surface area contributed by atoms with E-state index in [1.165, 1.54) is 6.42 Å². The summed E-state index contributed by atoms with van der Waals surface area (Å²) in [5, 5.41) is 0. The van der Waals surface area contributed by atoms with Gasteiger partial charge in [0.25, 0.3) is 5.91 Å². The number of likely N-dealkylation sites (tertiary alicyclic amines) is 1. The minimum atomic E-state index is 0.202. The summed E-state index contributed by atoms with van der Waals surface area (Å²) < 4.78 is 5.44. The molecule has 5 heteroatoms. The average Bonchev–Trinajstić information content (AvgIpc) is 2.62. The number of piperidine rings is 1. The van der Waals surface area contributed by atoms with Gasteiger partial charge in [-0.25, -0.2) is 0 Å². The Morgan fingerprint density at radius 1 is 1.22 bits per heavy atom. The maximum absolute atomic E-state index is 13.1. The topological polar surface area (TPSA) is 32.8 Å². The van der Waals surface area contributed by atoms with Crippen molar-refractivity contribution in [1.82, 2.24) is 9.80 Å². The Balaban J connectivity index is 1.73. The second-order valence-electron chi connectivity index (χ2n) is 6.26. The number of benzene rings is 1. The molecule has 1 aromatic carbocycles. The molecular weight excluding hydrogens is 308 g/mol. The van der Waals surface area contributed by atoms with E-state index in [1.807, 2.05) is 30.5 Å². The summed E-state index contributed by atoms with van der Waals surface area (Å²) in [5.74, 6) is 0.202. The standard InChI is InChI=1S/C18H26N2O2S/c1-23-17-8-3-2-7-16(17)18(21)20-9-5-4-6-15(20)14-19-10-12-22-13-11-19/h2-3,7-8,15H,4-6,9-14H2,1H3/t15-/m0/s1. The van der Waals surface area contributed by atoms with Gasteiger partial charge in [0.2, 0.25) is 0 Å². The van der Waals surface area contributed by atoms with Gasteiger partial charge in [0.1, 0.15) is 0 Å². The summed E-state index contributed by atoms with van der Waals surface area (Å²) in [7, 11) is 0. The van der Waals surface area contributed by atoms with Crippen molar-refractivity contribution in [3.63, 3.8) is 0 Å². The minimum absolute atomic E-state index is 0.202. The van der Waals surface area contributed by atoms with Crippen LogP contribution in [0.25, 0.3) is 0 Å². The molecule has 2 saturated heterocycles. The number of carbonyl (C=O) groups excluding carboxylic acids is 1. The highest BCUT2D eigenvalue weighted by molar-refractivity contribution is 7.98. The Morgan fingerprint density at radius 3 is 2.78 bits per heavy atom. The monoisotopic (exact) mass is 334 g/mol. The lowest BCUT2D eigenvalue weighted by molar-refractivity contribution is 0.0165. The fourth-order valence-corrected chi connectivity index (χ4v) is 4.11. The van der Waals surface area contributed by atoms with Crippen LogP contribution in [0.15, 0.2) is 29.2 Å². The van der Waals surface area contributed by atoms with Crippen LogP contribution in [0, 0.1) is 0 Å². The Bertz CT molecular complexity index is 532. The second-order valence-corrected chi connectivity index (χ2v) is 7.11. The lowest BCUT2D eigenvalue weighted by Gasteiger charge is -2.40. The molecule has 23 heavy (non-hydrogen) atoms. The highest BCUT2D eigenvalue weighted by atomic mass is 32.2. The third-order valence-electron chi connectivity index (χ3n) is 4.80. The van der Waals surface area contributed by atoms with E-state index < -0.39 is 0 Å². The third-order valence-corrected chi connectivity index (χ3v) is 5.59. The number of hydrogen-bond donors (Lipinski definition) is 0. The zero-order valence-corrected chi connectivity index (χ0v) is 14.7. The van der Waals surface area contributed by atoms with Crippen molar-refractivity contribution in [3.8, 4) is 0 Å². The third kappa shape index (κ3) is 4.08. The van der Waals surface area contributed by atoms with E-state index in [9.17, 15) is 4.79 Å². The van der Waals surface area contributed by atoms with Crippen LogP contribution in [0.3, 0.4) is 0 Å². The van der Waals surface area contributed by atoms with Crippen molar-refractivity contribution in [2.24, 2.45) is 0 Å². The zero-order chi connectivity index (χ0) is 16.1. The van der Waals surface area contributed by atoms with Gasteiger partial charge in [-0.3, -0.25) is 9.69 Å². The number of carbonyl (C=O) groups is 1. The van der Waals surface area contributed by atoms with Gasteiger partial charge in [-0.15, -0.1) is 11.8 Å². The quantitative estimate of drug-likeness (QED) is 0.793. The molecule has 0 N–H and O–H groups in total. The van der Waals surface area contributed by atoms with Gasteiger partial charge in [-0.2, -0.15) is 0 Å². The van der Waals surface area contributed by atoms with Crippen molar-refractivity contribution in [2.45, 2.75) is 30.2 Å². The normalized spacial score (nSPS) is 23.0. The molecular formula is C18H26N2O2S. The van der Waals surface area contributed by atoms with Crippen LogP contribution in [0.2, 0.25) is 0 Å². The molecule has 0 unspecified atom stereocenters. The van der Waals surface area contributed by atoms with Crippen molar-refractivity contribution in [3.05, 3.63) is 29.8 Å². The van der Waals surface area contributed by atoms with E-state index in [2.05, 4.69) is 9.80 Å². The molecule has 0 spiro atoms. The van der Waals surface area contributed by atoms with Crippen LogP contribution in [-0.4, -0.2) is 67.4 Å². The summed E-state index contributed by atoms with van der Waals surface area (Å²) in [5.41, 5.74) is 0.855. The van der Waals surface area contributed by atoms with Crippen LogP contribution in [0.1, 0.15) is 29.6 Å². The molecule has 2 aliphatic rings. The van der Waals surface area contributed by atoms with Crippen LogP contribution >= 0.6 is 11.8 Å². The van der Waals surface area contributed by atoms with Crippen LogP contribution in [0.4, 0.5) is 0 Å². The highest BCUT2D eigenvalue weighted by Crippen LogP contribution is 2.25.